The van der Waals surface area contributed by atoms with Crippen LogP contribution in [0.2, 0.25) is 0 Å². The van der Waals surface area contributed by atoms with Crippen LogP contribution in [0.25, 0.3) is 0 Å². The van der Waals surface area contributed by atoms with Gasteiger partial charge in [0.05, 0.1) is 16.4 Å². The van der Waals surface area contributed by atoms with Crippen LogP contribution in [0.5, 0.6) is 5.75 Å². The van der Waals surface area contributed by atoms with E-state index in [0.717, 1.165) is 25.3 Å². The van der Waals surface area contributed by atoms with Crippen LogP contribution in [0.1, 0.15) is 24.8 Å². The third-order valence-electron chi connectivity index (χ3n) is 3.42. The minimum Gasteiger partial charge on any atom is -0.487 e. The molecule has 0 bridgehead atoms. The highest BCUT2D eigenvalue weighted by molar-refractivity contribution is 8.13. The van der Waals surface area contributed by atoms with Crippen LogP contribution < -0.4 is 4.74 Å². The van der Waals surface area contributed by atoms with Crippen molar-refractivity contribution < 1.29 is 18.1 Å². The molecule has 0 N–H and O–H groups in total. The van der Waals surface area contributed by atoms with Crippen LogP contribution in [0.15, 0.2) is 17.0 Å². The highest BCUT2D eigenvalue weighted by Crippen LogP contribution is 2.35. The summed E-state index contributed by atoms with van der Waals surface area (Å²) in [6, 6.07) is 2.31. The SMILES string of the molecule is Cc1cc(OCC2CCC2)c([N+](=O)[O-])cc1S(=O)(=O)Cl. The molecule has 0 radical (unpaired) electrons. The Labute approximate surface area is 121 Å². The number of rotatable bonds is 5. The van der Waals surface area contributed by atoms with Gasteiger partial charge < -0.3 is 4.74 Å². The molecular formula is C12H14ClNO5S. The molecule has 110 valence electrons. The quantitative estimate of drug-likeness (QED) is 0.473. The Hall–Kier alpha value is -1.34. The molecule has 1 aliphatic rings. The maximum absolute atomic E-state index is 11.4. The molecule has 6 nitrogen and oxygen atoms in total. The van der Waals surface area contributed by atoms with Gasteiger partial charge in [-0.1, -0.05) is 6.42 Å². The van der Waals surface area contributed by atoms with Crippen LogP contribution in [0.3, 0.4) is 0 Å². The molecule has 1 aromatic rings. The van der Waals surface area contributed by atoms with E-state index in [1.165, 1.54) is 13.0 Å². The summed E-state index contributed by atoms with van der Waals surface area (Å²) < 4.78 is 28.2. The number of nitro groups is 1. The number of aryl methyl sites for hydroxylation is 1. The highest BCUT2D eigenvalue weighted by atomic mass is 35.7. The number of halogens is 1. The molecule has 1 fully saturated rings. The molecule has 2 rings (SSSR count). The van der Waals surface area contributed by atoms with Crippen LogP contribution in [0.4, 0.5) is 5.69 Å². The van der Waals surface area contributed by atoms with E-state index in [0.29, 0.717) is 18.1 Å². The molecular weight excluding hydrogens is 306 g/mol. The van der Waals surface area contributed by atoms with Gasteiger partial charge >= 0.3 is 5.69 Å². The number of nitrogens with zero attached hydrogens (tertiary/aromatic N) is 1. The Kier molecular flexibility index (Phi) is 4.19. The van der Waals surface area contributed by atoms with Gasteiger partial charge in [-0.15, -0.1) is 0 Å². The first-order valence-corrected chi connectivity index (χ1v) is 8.46. The van der Waals surface area contributed by atoms with E-state index in [1.54, 1.807) is 0 Å². The van der Waals surface area contributed by atoms with E-state index in [-0.39, 0.29) is 16.3 Å². The molecule has 0 aliphatic heterocycles. The second kappa shape index (κ2) is 5.57. The Morgan fingerprint density at radius 3 is 2.55 bits per heavy atom. The fourth-order valence-corrected chi connectivity index (χ4v) is 3.23. The summed E-state index contributed by atoms with van der Waals surface area (Å²) >= 11 is 0. The highest BCUT2D eigenvalue weighted by Gasteiger charge is 2.25. The van der Waals surface area contributed by atoms with Crippen molar-refractivity contribution in [3.8, 4) is 5.75 Å². The maximum Gasteiger partial charge on any atom is 0.312 e. The van der Waals surface area contributed by atoms with Gasteiger partial charge in [-0.05, 0) is 37.3 Å². The lowest BCUT2D eigenvalue weighted by Crippen LogP contribution is -2.19. The molecule has 0 unspecified atom stereocenters. The number of hydrogen-bond acceptors (Lipinski definition) is 5. The molecule has 8 heteroatoms. The molecule has 0 heterocycles. The van der Waals surface area contributed by atoms with Crippen molar-refractivity contribution in [2.45, 2.75) is 31.1 Å². The van der Waals surface area contributed by atoms with Crippen LogP contribution in [-0.4, -0.2) is 19.9 Å². The van der Waals surface area contributed by atoms with Crippen LogP contribution >= 0.6 is 10.7 Å². The number of nitro benzene ring substituents is 1. The summed E-state index contributed by atoms with van der Waals surface area (Å²) in [5.74, 6) is 0.509. The van der Waals surface area contributed by atoms with E-state index < -0.39 is 14.0 Å². The lowest BCUT2D eigenvalue weighted by molar-refractivity contribution is -0.386. The molecule has 20 heavy (non-hydrogen) atoms. The topological polar surface area (TPSA) is 86.5 Å². The van der Waals surface area contributed by atoms with Crippen molar-refractivity contribution >= 4 is 25.4 Å². The zero-order valence-corrected chi connectivity index (χ0v) is 12.4. The van der Waals surface area contributed by atoms with E-state index in [2.05, 4.69) is 0 Å². The lowest BCUT2D eigenvalue weighted by Gasteiger charge is -2.25. The van der Waals surface area contributed by atoms with Crippen molar-refractivity contribution in [1.82, 2.24) is 0 Å². The smallest absolute Gasteiger partial charge is 0.312 e. The summed E-state index contributed by atoms with van der Waals surface area (Å²) in [6.45, 7) is 1.93. The lowest BCUT2D eigenvalue weighted by atomic mass is 9.86. The Balaban J connectivity index is 2.35. The minimum atomic E-state index is -4.02. The van der Waals surface area contributed by atoms with E-state index in [9.17, 15) is 18.5 Å². The number of ether oxygens (including phenoxy) is 1. The van der Waals surface area contributed by atoms with E-state index in [4.69, 9.17) is 15.4 Å². The second-order valence-corrected chi connectivity index (χ2v) is 7.42. The summed E-state index contributed by atoms with van der Waals surface area (Å²) in [5.41, 5.74) is -0.0524. The van der Waals surface area contributed by atoms with Crippen molar-refractivity contribution in [2.75, 3.05) is 6.61 Å². The summed E-state index contributed by atoms with van der Waals surface area (Å²) in [7, 11) is 1.24. The number of benzene rings is 1. The Bertz CT molecular complexity index is 639. The molecule has 1 aliphatic carbocycles. The molecule has 1 aromatic carbocycles. The first kappa shape index (κ1) is 15.1. The van der Waals surface area contributed by atoms with Gasteiger partial charge in [0.1, 0.15) is 0 Å². The van der Waals surface area contributed by atoms with Crippen LogP contribution in [-0.2, 0) is 9.05 Å². The Morgan fingerprint density at radius 2 is 2.10 bits per heavy atom. The van der Waals surface area contributed by atoms with Crippen LogP contribution in [0, 0.1) is 23.0 Å². The van der Waals surface area contributed by atoms with Gasteiger partial charge in [-0.2, -0.15) is 0 Å². The average molecular weight is 320 g/mol. The third-order valence-corrected chi connectivity index (χ3v) is 4.88. The standard InChI is InChI=1S/C12H14ClNO5S/c1-8-5-11(19-7-9-3-2-4-9)10(14(15)16)6-12(8)20(13,17)18/h5-6,9H,2-4,7H2,1H3. The van der Waals surface area contributed by atoms with Crippen molar-refractivity contribution in [2.24, 2.45) is 5.92 Å². The normalized spacial score (nSPS) is 15.7. The van der Waals surface area contributed by atoms with Gasteiger partial charge in [0.15, 0.2) is 5.75 Å². The first-order chi connectivity index (χ1) is 9.29. The van der Waals surface area contributed by atoms with Gasteiger partial charge in [0.2, 0.25) is 0 Å². The molecule has 1 saturated carbocycles. The molecule has 0 spiro atoms. The Morgan fingerprint density at radius 1 is 1.45 bits per heavy atom. The van der Waals surface area contributed by atoms with Gasteiger partial charge in [0, 0.05) is 16.7 Å². The average Bonchev–Trinajstić information content (AvgIpc) is 2.24. The second-order valence-electron chi connectivity index (χ2n) is 4.89. The van der Waals surface area contributed by atoms with Crippen molar-refractivity contribution in [3.05, 3.63) is 27.8 Å². The molecule has 0 atom stereocenters. The molecule has 0 saturated heterocycles. The summed E-state index contributed by atoms with van der Waals surface area (Å²) in [4.78, 5) is 10.1. The van der Waals surface area contributed by atoms with Gasteiger partial charge in [-0.3, -0.25) is 10.1 Å². The maximum atomic E-state index is 11.4. The van der Waals surface area contributed by atoms with Crippen molar-refractivity contribution in [3.63, 3.8) is 0 Å². The summed E-state index contributed by atoms with van der Waals surface area (Å²) in [5, 5.41) is 11.0. The van der Waals surface area contributed by atoms with Gasteiger partial charge in [0.25, 0.3) is 9.05 Å². The third kappa shape index (κ3) is 3.21. The van der Waals surface area contributed by atoms with Crippen molar-refractivity contribution in [1.29, 1.82) is 0 Å². The first-order valence-electron chi connectivity index (χ1n) is 6.15. The predicted molar refractivity (Wildman–Crippen MR) is 73.7 cm³/mol. The zero-order chi connectivity index (χ0) is 14.9. The minimum absolute atomic E-state index is 0.0865. The fourth-order valence-electron chi connectivity index (χ4n) is 2.04. The molecule has 0 amide bonds. The van der Waals surface area contributed by atoms with E-state index >= 15 is 0 Å². The monoisotopic (exact) mass is 319 g/mol. The molecule has 0 aromatic heterocycles. The van der Waals surface area contributed by atoms with E-state index in [1.807, 2.05) is 0 Å². The summed E-state index contributed by atoms with van der Waals surface area (Å²) in [6.07, 6.45) is 3.26. The predicted octanol–water partition coefficient (Wildman–Crippen LogP) is 3.01. The van der Waals surface area contributed by atoms with Gasteiger partial charge in [-0.25, -0.2) is 8.42 Å². The zero-order valence-electron chi connectivity index (χ0n) is 10.8. The largest absolute Gasteiger partial charge is 0.487 e. The number of hydrogen-bond donors (Lipinski definition) is 0. The fraction of sp³-hybridized carbons (Fsp3) is 0.500.